The summed E-state index contributed by atoms with van der Waals surface area (Å²) in [5.74, 6) is -1.19. The highest BCUT2D eigenvalue weighted by Gasteiger charge is 2.14. The Labute approximate surface area is 113 Å². The summed E-state index contributed by atoms with van der Waals surface area (Å²) >= 11 is 0. The van der Waals surface area contributed by atoms with Gasteiger partial charge in [0, 0.05) is 0 Å². The average molecular weight is 264 g/mol. The van der Waals surface area contributed by atoms with Crippen LogP contribution in [-0.4, -0.2) is 29.6 Å². The number of nitrogens with one attached hydrogen (secondary N) is 2. The predicted octanol–water partition coefficient (Wildman–Crippen LogP) is 1.23. The van der Waals surface area contributed by atoms with E-state index in [-0.39, 0.29) is 18.5 Å². The molecule has 0 heterocycles. The fourth-order valence-corrected chi connectivity index (χ4v) is 1.78. The Morgan fingerprint density at radius 2 is 1.89 bits per heavy atom. The molecule has 1 amide bonds. The van der Waals surface area contributed by atoms with Crippen LogP contribution in [-0.2, 0) is 9.59 Å². The summed E-state index contributed by atoms with van der Waals surface area (Å²) in [6, 6.07) is 6.99. The third-order valence-electron chi connectivity index (χ3n) is 2.97. The zero-order valence-corrected chi connectivity index (χ0v) is 11.4. The van der Waals surface area contributed by atoms with Gasteiger partial charge in [-0.25, -0.2) is 0 Å². The number of hydrogen-bond donors (Lipinski definition) is 3. The molecular formula is C14H20N2O3. The minimum absolute atomic E-state index is 0.0102. The second kappa shape index (κ2) is 6.89. The lowest BCUT2D eigenvalue weighted by molar-refractivity contribution is -0.139. The van der Waals surface area contributed by atoms with Gasteiger partial charge < -0.3 is 10.4 Å². The first-order valence-corrected chi connectivity index (χ1v) is 6.23. The molecule has 0 spiro atoms. The van der Waals surface area contributed by atoms with Gasteiger partial charge in [-0.3, -0.25) is 14.9 Å². The topological polar surface area (TPSA) is 78.4 Å². The van der Waals surface area contributed by atoms with E-state index < -0.39 is 12.0 Å². The van der Waals surface area contributed by atoms with Crippen molar-refractivity contribution in [3.8, 4) is 0 Å². The van der Waals surface area contributed by atoms with Gasteiger partial charge in [-0.1, -0.05) is 24.3 Å². The van der Waals surface area contributed by atoms with Crippen molar-refractivity contribution < 1.29 is 14.7 Å². The van der Waals surface area contributed by atoms with Crippen molar-refractivity contribution in [2.24, 2.45) is 0 Å². The van der Waals surface area contributed by atoms with Gasteiger partial charge in [0.05, 0.1) is 12.6 Å². The van der Waals surface area contributed by atoms with E-state index in [1.54, 1.807) is 0 Å². The van der Waals surface area contributed by atoms with E-state index in [0.29, 0.717) is 0 Å². The van der Waals surface area contributed by atoms with Crippen LogP contribution in [0.5, 0.6) is 0 Å². The van der Waals surface area contributed by atoms with Gasteiger partial charge in [0.2, 0.25) is 5.91 Å². The summed E-state index contributed by atoms with van der Waals surface area (Å²) in [6.45, 7) is 5.38. The molecule has 0 radical (unpaired) electrons. The van der Waals surface area contributed by atoms with Gasteiger partial charge in [0.25, 0.3) is 0 Å². The SMILES string of the molecule is Cc1ccccc1C(C)NC(=O)CN[C@@H](C)C(=O)O. The Morgan fingerprint density at radius 1 is 1.26 bits per heavy atom. The summed E-state index contributed by atoms with van der Waals surface area (Å²) in [7, 11) is 0. The lowest BCUT2D eigenvalue weighted by atomic mass is 10.0. The molecule has 1 rings (SSSR count). The zero-order valence-electron chi connectivity index (χ0n) is 11.4. The van der Waals surface area contributed by atoms with Crippen LogP contribution >= 0.6 is 0 Å². The number of rotatable bonds is 6. The molecule has 3 N–H and O–H groups in total. The number of carbonyl (C=O) groups is 2. The van der Waals surface area contributed by atoms with Crippen molar-refractivity contribution in [1.29, 1.82) is 0 Å². The highest BCUT2D eigenvalue weighted by atomic mass is 16.4. The fourth-order valence-electron chi connectivity index (χ4n) is 1.78. The molecule has 2 atom stereocenters. The van der Waals surface area contributed by atoms with E-state index in [1.165, 1.54) is 6.92 Å². The maximum Gasteiger partial charge on any atom is 0.320 e. The van der Waals surface area contributed by atoms with E-state index in [0.717, 1.165) is 11.1 Å². The minimum Gasteiger partial charge on any atom is -0.480 e. The van der Waals surface area contributed by atoms with Crippen molar-refractivity contribution in [3.05, 3.63) is 35.4 Å². The average Bonchev–Trinajstić information content (AvgIpc) is 2.36. The lowest BCUT2D eigenvalue weighted by Gasteiger charge is -2.17. The molecular weight excluding hydrogens is 244 g/mol. The van der Waals surface area contributed by atoms with Crippen molar-refractivity contribution in [2.75, 3.05) is 6.54 Å². The zero-order chi connectivity index (χ0) is 14.4. The summed E-state index contributed by atoms with van der Waals surface area (Å²) in [5, 5.41) is 14.2. The van der Waals surface area contributed by atoms with E-state index in [9.17, 15) is 9.59 Å². The number of aliphatic carboxylic acids is 1. The van der Waals surface area contributed by atoms with Crippen LogP contribution in [0.15, 0.2) is 24.3 Å². The standard InChI is InChI=1S/C14H20N2O3/c1-9-6-4-5-7-12(9)10(2)16-13(17)8-15-11(3)14(18)19/h4-7,10-11,15H,8H2,1-3H3,(H,16,17)(H,18,19)/t10?,11-/m0/s1. The molecule has 1 aromatic carbocycles. The summed E-state index contributed by atoms with van der Waals surface area (Å²) < 4.78 is 0. The van der Waals surface area contributed by atoms with Crippen molar-refractivity contribution in [1.82, 2.24) is 10.6 Å². The maximum atomic E-state index is 11.7. The number of amides is 1. The molecule has 104 valence electrons. The second-order valence-electron chi connectivity index (χ2n) is 4.59. The minimum atomic E-state index is -0.972. The molecule has 0 bridgehead atoms. The van der Waals surface area contributed by atoms with Crippen LogP contribution in [0.2, 0.25) is 0 Å². The van der Waals surface area contributed by atoms with Gasteiger partial charge in [-0.05, 0) is 31.9 Å². The van der Waals surface area contributed by atoms with Crippen LogP contribution in [0, 0.1) is 6.92 Å². The number of carboxylic acids is 1. The number of aryl methyl sites for hydroxylation is 1. The quantitative estimate of drug-likeness (QED) is 0.722. The van der Waals surface area contributed by atoms with Gasteiger partial charge in [0.15, 0.2) is 0 Å². The number of benzene rings is 1. The molecule has 0 saturated carbocycles. The van der Waals surface area contributed by atoms with Crippen LogP contribution in [0.4, 0.5) is 0 Å². The Balaban J connectivity index is 2.49. The van der Waals surface area contributed by atoms with Crippen LogP contribution < -0.4 is 10.6 Å². The second-order valence-corrected chi connectivity index (χ2v) is 4.59. The summed E-state index contributed by atoms with van der Waals surface area (Å²) in [6.07, 6.45) is 0. The number of carboxylic acid groups (broad SMARTS) is 1. The maximum absolute atomic E-state index is 11.7. The first-order valence-electron chi connectivity index (χ1n) is 6.23. The van der Waals surface area contributed by atoms with Gasteiger partial charge in [-0.2, -0.15) is 0 Å². The highest BCUT2D eigenvalue weighted by molar-refractivity contribution is 5.80. The third-order valence-corrected chi connectivity index (χ3v) is 2.97. The van der Waals surface area contributed by atoms with Crippen molar-refractivity contribution in [2.45, 2.75) is 32.9 Å². The van der Waals surface area contributed by atoms with Crippen LogP contribution in [0.1, 0.15) is 31.0 Å². The molecule has 0 aromatic heterocycles. The van der Waals surface area contributed by atoms with Crippen LogP contribution in [0.25, 0.3) is 0 Å². The first-order chi connectivity index (χ1) is 8.91. The Morgan fingerprint density at radius 3 is 2.47 bits per heavy atom. The predicted molar refractivity (Wildman–Crippen MR) is 72.8 cm³/mol. The van der Waals surface area contributed by atoms with E-state index in [2.05, 4.69) is 10.6 Å². The first kappa shape index (κ1) is 15.2. The van der Waals surface area contributed by atoms with Gasteiger partial charge in [-0.15, -0.1) is 0 Å². The molecule has 0 aliphatic heterocycles. The van der Waals surface area contributed by atoms with E-state index >= 15 is 0 Å². The summed E-state index contributed by atoms with van der Waals surface area (Å²) in [5.41, 5.74) is 2.17. The number of carbonyl (C=O) groups excluding carboxylic acids is 1. The molecule has 0 saturated heterocycles. The van der Waals surface area contributed by atoms with Gasteiger partial charge >= 0.3 is 5.97 Å². The molecule has 0 aliphatic rings. The molecule has 0 aliphatic carbocycles. The lowest BCUT2D eigenvalue weighted by Crippen LogP contribution is -2.42. The van der Waals surface area contributed by atoms with Crippen LogP contribution in [0.3, 0.4) is 0 Å². The molecule has 1 aromatic rings. The highest BCUT2D eigenvalue weighted by Crippen LogP contribution is 2.16. The molecule has 19 heavy (non-hydrogen) atoms. The Bertz CT molecular complexity index is 460. The smallest absolute Gasteiger partial charge is 0.320 e. The van der Waals surface area contributed by atoms with E-state index in [1.807, 2.05) is 38.1 Å². The Kier molecular flexibility index (Phi) is 5.51. The molecule has 1 unspecified atom stereocenters. The largest absolute Gasteiger partial charge is 0.480 e. The monoisotopic (exact) mass is 264 g/mol. The Hall–Kier alpha value is -1.88. The third kappa shape index (κ3) is 4.71. The summed E-state index contributed by atoms with van der Waals surface area (Å²) in [4.78, 5) is 22.3. The number of hydrogen-bond acceptors (Lipinski definition) is 3. The van der Waals surface area contributed by atoms with Crippen molar-refractivity contribution >= 4 is 11.9 Å². The van der Waals surface area contributed by atoms with Gasteiger partial charge in [0.1, 0.15) is 6.04 Å². The molecule has 5 heteroatoms. The normalized spacial score (nSPS) is 13.6. The molecule has 5 nitrogen and oxygen atoms in total. The molecule has 0 fully saturated rings. The van der Waals surface area contributed by atoms with Crippen molar-refractivity contribution in [3.63, 3.8) is 0 Å². The fraction of sp³-hybridized carbons (Fsp3) is 0.429. The van der Waals surface area contributed by atoms with E-state index in [4.69, 9.17) is 5.11 Å².